The van der Waals surface area contributed by atoms with Crippen molar-refractivity contribution in [2.45, 2.75) is 43.6 Å². The molecule has 3 aromatic rings. The number of ether oxygens (including phenoxy) is 1. The van der Waals surface area contributed by atoms with Gasteiger partial charge < -0.3 is 4.74 Å². The highest BCUT2D eigenvalue weighted by Gasteiger charge is 2.29. The molecule has 0 bridgehead atoms. The smallest absolute Gasteiger partial charge is 0.263 e. The van der Waals surface area contributed by atoms with Crippen LogP contribution < -0.4 is 10.3 Å². The number of pyridine rings is 2. The fourth-order valence-electron chi connectivity index (χ4n) is 3.63. The molecule has 2 unspecified atom stereocenters. The third kappa shape index (κ3) is 3.18. The summed E-state index contributed by atoms with van der Waals surface area (Å²) < 4.78 is 19.7. The molecule has 4 rings (SSSR count). The minimum absolute atomic E-state index is 0.0429. The van der Waals surface area contributed by atoms with Crippen molar-refractivity contribution in [1.82, 2.24) is 9.55 Å². The summed E-state index contributed by atoms with van der Waals surface area (Å²) in [5, 5.41) is 0.842. The van der Waals surface area contributed by atoms with Crippen molar-refractivity contribution in [3.63, 3.8) is 0 Å². The van der Waals surface area contributed by atoms with Crippen LogP contribution in [0.2, 0.25) is 0 Å². The van der Waals surface area contributed by atoms with Gasteiger partial charge in [-0.1, -0.05) is 25.8 Å². The summed E-state index contributed by atoms with van der Waals surface area (Å²) in [7, 11) is -1.12. The molecule has 0 radical (unpaired) electrons. The van der Waals surface area contributed by atoms with Crippen LogP contribution in [0.1, 0.15) is 31.7 Å². The van der Waals surface area contributed by atoms with Crippen molar-refractivity contribution in [3.8, 4) is 11.4 Å². The largest absolute Gasteiger partial charge is 0.489 e. The number of unbranched alkanes of at least 4 members (excludes halogenated alkanes) is 1. The molecule has 0 spiro atoms. The van der Waals surface area contributed by atoms with E-state index in [1.165, 1.54) is 0 Å². The molecule has 6 heteroatoms. The zero-order valence-electron chi connectivity index (χ0n) is 15.5. The van der Waals surface area contributed by atoms with Crippen molar-refractivity contribution in [2.24, 2.45) is 0 Å². The van der Waals surface area contributed by atoms with E-state index in [1.807, 2.05) is 24.3 Å². The van der Waals surface area contributed by atoms with Gasteiger partial charge in [-0.3, -0.25) is 13.6 Å². The Labute approximate surface area is 160 Å². The number of nitrogens with zero attached hydrogens (tertiary/aromatic N) is 2. The molecule has 1 aromatic carbocycles. The third-order valence-corrected chi connectivity index (χ3v) is 5.90. The number of hydrogen-bond donors (Lipinski definition) is 0. The molecule has 0 N–H and O–H groups in total. The lowest BCUT2D eigenvalue weighted by Crippen LogP contribution is -2.23. The van der Waals surface area contributed by atoms with Gasteiger partial charge in [-0.15, -0.1) is 0 Å². The molecule has 0 saturated carbocycles. The fraction of sp³-hybridized carbons (Fsp3) is 0.333. The van der Waals surface area contributed by atoms with E-state index < -0.39 is 10.8 Å². The molecular weight excluding hydrogens is 360 g/mol. The van der Waals surface area contributed by atoms with Crippen molar-refractivity contribution in [2.75, 3.05) is 6.26 Å². The molecule has 0 fully saturated rings. The summed E-state index contributed by atoms with van der Waals surface area (Å²) in [6.07, 6.45) is 7.09. The number of benzene rings is 1. The summed E-state index contributed by atoms with van der Waals surface area (Å²) in [6, 6.07) is 11.1. The van der Waals surface area contributed by atoms with Gasteiger partial charge in [0.1, 0.15) is 11.9 Å². The van der Waals surface area contributed by atoms with E-state index in [0.717, 1.165) is 24.6 Å². The molecule has 2 atom stereocenters. The molecule has 1 aliphatic heterocycles. The summed E-state index contributed by atoms with van der Waals surface area (Å²) in [6.45, 7) is 2.15. The van der Waals surface area contributed by atoms with E-state index in [-0.39, 0.29) is 11.7 Å². The fourth-order valence-corrected chi connectivity index (χ4v) is 4.18. The first-order valence-corrected chi connectivity index (χ1v) is 10.8. The maximum atomic E-state index is 13.3. The van der Waals surface area contributed by atoms with E-state index in [1.54, 1.807) is 29.2 Å². The molecule has 2 aromatic heterocycles. The van der Waals surface area contributed by atoms with Crippen LogP contribution in [0.4, 0.5) is 0 Å². The Morgan fingerprint density at radius 1 is 1.30 bits per heavy atom. The van der Waals surface area contributed by atoms with E-state index in [9.17, 15) is 9.00 Å². The van der Waals surface area contributed by atoms with E-state index in [2.05, 4.69) is 11.9 Å². The second kappa shape index (κ2) is 7.27. The van der Waals surface area contributed by atoms with Crippen molar-refractivity contribution in [3.05, 3.63) is 58.5 Å². The number of fused-ring (bicyclic) bond motifs is 3. The molecule has 1 aliphatic rings. The number of hydrogen-bond acceptors (Lipinski definition) is 4. The van der Waals surface area contributed by atoms with Crippen LogP contribution in [-0.4, -0.2) is 26.1 Å². The zero-order valence-corrected chi connectivity index (χ0v) is 16.3. The van der Waals surface area contributed by atoms with Gasteiger partial charge in [-0.05, 0) is 36.8 Å². The topological polar surface area (TPSA) is 61.2 Å². The Kier molecular flexibility index (Phi) is 4.83. The van der Waals surface area contributed by atoms with Gasteiger partial charge in [-0.25, -0.2) is 4.98 Å². The highest BCUT2D eigenvalue weighted by atomic mass is 32.2. The van der Waals surface area contributed by atoms with Gasteiger partial charge in [0.25, 0.3) is 5.56 Å². The van der Waals surface area contributed by atoms with Gasteiger partial charge in [-0.2, -0.15) is 0 Å². The molecule has 0 amide bonds. The molecule has 0 saturated heterocycles. The van der Waals surface area contributed by atoms with Gasteiger partial charge in [0, 0.05) is 34.6 Å². The standard InChI is InChI=1S/C21H22N2O3S/c1-3-4-8-15-13-18-19(26-15)17-10-6-11-22-20(17)23(21(18)24)14-7-5-9-16(12-14)27(2)25/h5-7,9-12,15H,3-4,8,13H2,1-2H3. The van der Waals surface area contributed by atoms with Crippen LogP contribution in [0.5, 0.6) is 5.75 Å². The Morgan fingerprint density at radius 2 is 2.15 bits per heavy atom. The van der Waals surface area contributed by atoms with Crippen molar-refractivity contribution < 1.29 is 8.95 Å². The quantitative estimate of drug-likeness (QED) is 0.676. The summed E-state index contributed by atoms with van der Waals surface area (Å²) in [5.41, 5.74) is 1.85. The second-order valence-electron chi connectivity index (χ2n) is 6.86. The Bertz CT molecular complexity index is 1090. The molecule has 140 valence electrons. The van der Waals surface area contributed by atoms with Crippen LogP contribution in [0.25, 0.3) is 16.7 Å². The van der Waals surface area contributed by atoms with Gasteiger partial charge >= 0.3 is 0 Å². The van der Waals surface area contributed by atoms with Crippen LogP contribution in [0.3, 0.4) is 0 Å². The monoisotopic (exact) mass is 382 g/mol. The second-order valence-corrected chi connectivity index (χ2v) is 8.24. The minimum atomic E-state index is -1.12. The average molecular weight is 382 g/mol. The maximum absolute atomic E-state index is 13.3. The molecule has 0 aliphatic carbocycles. The number of rotatable bonds is 5. The van der Waals surface area contributed by atoms with Crippen molar-refractivity contribution >= 4 is 21.8 Å². The van der Waals surface area contributed by atoms with Crippen molar-refractivity contribution in [1.29, 1.82) is 0 Å². The highest BCUT2D eigenvalue weighted by Crippen LogP contribution is 2.35. The lowest BCUT2D eigenvalue weighted by atomic mass is 10.1. The normalized spacial score (nSPS) is 16.9. The predicted octanol–water partition coefficient (Wildman–Crippen LogP) is 3.62. The molecule has 3 heterocycles. The van der Waals surface area contributed by atoms with E-state index in [0.29, 0.717) is 34.0 Å². The molecule has 27 heavy (non-hydrogen) atoms. The average Bonchev–Trinajstić information content (AvgIpc) is 3.12. The first-order chi connectivity index (χ1) is 13.1. The number of aromatic nitrogens is 2. The molecular formula is C21H22N2O3S. The van der Waals surface area contributed by atoms with E-state index in [4.69, 9.17) is 4.74 Å². The van der Waals surface area contributed by atoms with Crippen LogP contribution in [-0.2, 0) is 17.2 Å². The summed E-state index contributed by atoms with van der Waals surface area (Å²) >= 11 is 0. The van der Waals surface area contributed by atoms with Gasteiger partial charge in [0.15, 0.2) is 5.65 Å². The Balaban J connectivity index is 1.93. The first-order valence-electron chi connectivity index (χ1n) is 9.23. The van der Waals surface area contributed by atoms with Gasteiger partial charge in [0.2, 0.25) is 0 Å². The Morgan fingerprint density at radius 3 is 2.93 bits per heavy atom. The van der Waals surface area contributed by atoms with Gasteiger partial charge in [0.05, 0.1) is 16.6 Å². The van der Waals surface area contributed by atoms with Crippen LogP contribution in [0.15, 0.2) is 52.3 Å². The summed E-state index contributed by atoms with van der Waals surface area (Å²) in [5.74, 6) is 0.677. The predicted molar refractivity (Wildman–Crippen MR) is 107 cm³/mol. The summed E-state index contributed by atoms with van der Waals surface area (Å²) in [4.78, 5) is 18.5. The Hall–Kier alpha value is -2.47. The van der Waals surface area contributed by atoms with Crippen LogP contribution >= 0.6 is 0 Å². The lowest BCUT2D eigenvalue weighted by molar-refractivity contribution is 0.219. The highest BCUT2D eigenvalue weighted by molar-refractivity contribution is 7.84. The maximum Gasteiger partial charge on any atom is 0.263 e. The van der Waals surface area contributed by atoms with Crippen LogP contribution in [0, 0.1) is 0 Å². The first kappa shape index (κ1) is 17.9. The minimum Gasteiger partial charge on any atom is -0.489 e. The van der Waals surface area contributed by atoms with E-state index >= 15 is 0 Å². The zero-order chi connectivity index (χ0) is 19.0. The molecule has 5 nitrogen and oxygen atoms in total. The third-order valence-electron chi connectivity index (χ3n) is 4.98. The SMILES string of the molecule is CCCCC1Cc2c(c3cccnc3n(-c3cccc(S(C)=O)c3)c2=O)O1. The lowest BCUT2D eigenvalue weighted by Gasteiger charge is -2.13.